The number of hydrogen-bond acceptors (Lipinski definition) is 3. The van der Waals surface area contributed by atoms with E-state index in [0.717, 1.165) is 12.8 Å². The van der Waals surface area contributed by atoms with Crippen molar-refractivity contribution in [2.24, 2.45) is 11.7 Å². The summed E-state index contributed by atoms with van der Waals surface area (Å²) in [6.07, 6.45) is 1.95. The number of rotatable bonds is 2. The van der Waals surface area contributed by atoms with Gasteiger partial charge in [-0.15, -0.1) is 0 Å². The lowest BCUT2D eigenvalue weighted by Crippen LogP contribution is -2.51. The van der Waals surface area contributed by atoms with E-state index in [9.17, 15) is 14.0 Å². The van der Waals surface area contributed by atoms with E-state index in [2.05, 4.69) is 11.9 Å². The van der Waals surface area contributed by atoms with Crippen molar-refractivity contribution >= 4 is 16.8 Å². The van der Waals surface area contributed by atoms with Gasteiger partial charge in [0.1, 0.15) is 5.82 Å². The summed E-state index contributed by atoms with van der Waals surface area (Å²) in [7, 11) is 0. The number of aromatic nitrogens is 1. The van der Waals surface area contributed by atoms with Crippen molar-refractivity contribution in [3.8, 4) is 0 Å². The highest BCUT2D eigenvalue weighted by Crippen LogP contribution is 2.26. The standard InChI is InChI=1S/C17H20FN3O2/c1-10-3-2-6-21(15(10)9-19)17(23)13-8-16(22)20-14-7-11(18)4-5-12(13)14/h4-5,7-8,10,15H,2-3,6,9,19H2,1H3,(H,20,22)/t10-,15-/m1/s1. The third-order valence-corrected chi connectivity index (χ3v) is 4.65. The molecular weight excluding hydrogens is 297 g/mol. The number of pyridine rings is 1. The molecule has 0 unspecified atom stereocenters. The number of fused-ring (bicyclic) bond motifs is 1. The number of benzene rings is 1. The summed E-state index contributed by atoms with van der Waals surface area (Å²) in [5.41, 5.74) is 6.07. The SMILES string of the molecule is C[C@@H]1CCCN(C(=O)c2cc(=O)[nH]c3cc(F)ccc23)[C@@H]1CN. The number of nitrogens with two attached hydrogens (primary N) is 1. The monoisotopic (exact) mass is 317 g/mol. The largest absolute Gasteiger partial charge is 0.334 e. The van der Waals surface area contributed by atoms with Crippen LogP contribution in [0.4, 0.5) is 4.39 Å². The summed E-state index contributed by atoms with van der Waals surface area (Å²) in [5.74, 6) is -0.345. The molecule has 2 aromatic rings. The minimum absolute atomic E-state index is 0.0361. The average molecular weight is 317 g/mol. The van der Waals surface area contributed by atoms with Gasteiger partial charge in [-0.2, -0.15) is 0 Å². The van der Waals surface area contributed by atoms with Crippen LogP contribution in [0.1, 0.15) is 30.1 Å². The van der Waals surface area contributed by atoms with Crippen molar-refractivity contribution in [3.63, 3.8) is 0 Å². The van der Waals surface area contributed by atoms with Gasteiger partial charge < -0.3 is 15.6 Å². The highest BCUT2D eigenvalue weighted by atomic mass is 19.1. The van der Waals surface area contributed by atoms with Gasteiger partial charge in [0.25, 0.3) is 5.91 Å². The molecule has 1 fully saturated rings. The molecule has 0 bridgehead atoms. The van der Waals surface area contributed by atoms with Gasteiger partial charge in [-0.1, -0.05) is 6.92 Å². The number of H-pyrrole nitrogens is 1. The van der Waals surface area contributed by atoms with E-state index in [-0.39, 0.29) is 11.9 Å². The van der Waals surface area contributed by atoms with Gasteiger partial charge >= 0.3 is 0 Å². The highest BCUT2D eigenvalue weighted by Gasteiger charge is 2.32. The minimum atomic E-state index is -0.454. The fourth-order valence-electron chi connectivity index (χ4n) is 3.42. The van der Waals surface area contributed by atoms with Crippen LogP contribution < -0.4 is 11.3 Å². The second-order valence-electron chi connectivity index (χ2n) is 6.16. The third kappa shape index (κ3) is 2.86. The molecule has 3 N–H and O–H groups in total. The molecule has 5 nitrogen and oxygen atoms in total. The number of halogens is 1. The number of carbonyl (C=O) groups is 1. The maximum atomic E-state index is 13.4. The van der Waals surface area contributed by atoms with E-state index < -0.39 is 11.4 Å². The number of nitrogens with zero attached hydrogens (tertiary/aromatic N) is 1. The lowest BCUT2D eigenvalue weighted by atomic mass is 9.90. The van der Waals surface area contributed by atoms with Gasteiger partial charge in [0.2, 0.25) is 5.56 Å². The number of hydrogen-bond donors (Lipinski definition) is 2. The van der Waals surface area contributed by atoms with Gasteiger partial charge in [0.05, 0.1) is 11.1 Å². The Labute approximate surface area is 133 Å². The number of piperidine rings is 1. The van der Waals surface area contributed by atoms with Crippen LogP contribution in [0.25, 0.3) is 10.9 Å². The Balaban J connectivity index is 2.08. The highest BCUT2D eigenvalue weighted by molar-refractivity contribution is 6.06. The van der Waals surface area contributed by atoms with Gasteiger partial charge in [-0.05, 0) is 37.0 Å². The molecule has 0 saturated carbocycles. The molecule has 1 aliphatic rings. The van der Waals surface area contributed by atoms with E-state index >= 15 is 0 Å². The maximum Gasteiger partial charge on any atom is 0.255 e. The van der Waals surface area contributed by atoms with Crippen molar-refractivity contribution in [3.05, 3.63) is 46.0 Å². The van der Waals surface area contributed by atoms with E-state index in [0.29, 0.717) is 35.5 Å². The number of likely N-dealkylation sites (tertiary alicyclic amines) is 1. The molecule has 0 radical (unpaired) electrons. The first kappa shape index (κ1) is 15.7. The number of nitrogens with one attached hydrogen (secondary N) is 1. The third-order valence-electron chi connectivity index (χ3n) is 4.65. The van der Waals surface area contributed by atoms with Crippen LogP contribution in [0.15, 0.2) is 29.1 Å². The number of amides is 1. The van der Waals surface area contributed by atoms with E-state index in [1.807, 2.05) is 0 Å². The predicted molar refractivity (Wildman–Crippen MR) is 86.8 cm³/mol. The first-order valence-corrected chi connectivity index (χ1v) is 7.85. The molecule has 2 heterocycles. The topological polar surface area (TPSA) is 79.2 Å². The lowest BCUT2D eigenvalue weighted by Gasteiger charge is -2.39. The molecule has 1 aliphatic heterocycles. The lowest BCUT2D eigenvalue weighted by molar-refractivity contribution is 0.0534. The van der Waals surface area contributed by atoms with E-state index in [1.54, 1.807) is 4.90 Å². The van der Waals surface area contributed by atoms with Crippen LogP contribution >= 0.6 is 0 Å². The van der Waals surface area contributed by atoms with Gasteiger partial charge in [-0.3, -0.25) is 9.59 Å². The summed E-state index contributed by atoms with van der Waals surface area (Å²) >= 11 is 0. The smallest absolute Gasteiger partial charge is 0.255 e. The normalized spacial score (nSPS) is 21.6. The Morgan fingerprint density at radius 2 is 2.22 bits per heavy atom. The molecule has 1 amide bonds. The van der Waals surface area contributed by atoms with Gasteiger partial charge in [0.15, 0.2) is 0 Å². The molecule has 1 saturated heterocycles. The van der Waals surface area contributed by atoms with Crippen molar-refractivity contribution in [1.82, 2.24) is 9.88 Å². The maximum absolute atomic E-state index is 13.4. The molecule has 6 heteroatoms. The first-order chi connectivity index (χ1) is 11.0. The molecule has 1 aromatic carbocycles. The second-order valence-corrected chi connectivity index (χ2v) is 6.16. The van der Waals surface area contributed by atoms with Gasteiger partial charge in [-0.25, -0.2) is 4.39 Å². The number of carbonyl (C=O) groups excluding carboxylic acids is 1. The van der Waals surface area contributed by atoms with E-state index in [1.165, 1.54) is 24.3 Å². The fourth-order valence-corrected chi connectivity index (χ4v) is 3.42. The summed E-state index contributed by atoms with van der Waals surface area (Å²) in [4.78, 5) is 29.2. The Hall–Kier alpha value is -2.21. The molecular formula is C17H20FN3O2. The van der Waals surface area contributed by atoms with Crippen LogP contribution in [0.2, 0.25) is 0 Å². The van der Waals surface area contributed by atoms with Crippen LogP contribution in [0.5, 0.6) is 0 Å². The van der Waals surface area contributed by atoms with E-state index in [4.69, 9.17) is 5.73 Å². The van der Waals surface area contributed by atoms with Crippen molar-refractivity contribution in [2.75, 3.05) is 13.1 Å². The van der Waals surface area contributed by atoms with Crippen LogP contribution in [-0.4, -0.2) is 34.9 Å². The Bertz CT molecular complexity index is 802. The molecule has 0 spiro atoms. The van der Waals surface area contributed by atoms with Crippen molar-refractivity contribution < 1.29 is 9.18 Å². The zero-order valence-electron chi connectivity index (χ0n) is 13.0. The molecule has 1 aromatic heterocycles. The summed E-state index contributed by atoms with van der Waals surface area (Å²) in [6, 6.07) is 5.29. The Morgan fingerprint density at radius 3 is 2.96 bits per heavy atom. The van der Waals surface area contributed by atoms with Crippen molar-refractivity contribution in [1.29, 1.82) is 0 Å². The fraction of sp³-hybridized carbons (Fsp3) is 0.412. The Kier molecular flexibility index (Phi) is 4.17. The molecule has 23 heavy (non-hydrogen) atoms. The van der Waals surface area contributed by atoms with Crippen LogP contribution in [-0.2, 0) is 0 Å². The first-order valence-electron chi connectivity index (χ1n) is 7.85. The van der Waals surface area contributed by atoms with Crippen LogP contribution in [0, 0.1) is 11.7 Å². The van der Waals surface area contributed by atoms with Crippen molar-refractivity contribution in [2.45, 2.75) is 25.8 Å². The molecule has 0 aliphatic carbocycles. The summed E-state index contributed by atoms with van der Waals surface area (Å²) in [5, 5.41) is 0.546. The Morgan fingerprint density at radius 1 is 1.43 bits per heavy atom. The zero-order chi connectivity index (χ0) is 16.6. The number of aromatic amines is 1. The second kappa shape index (κ2) is 6.12. The average Bonchev–Trinajstić information content (AvgIpc) is 2.52. The quantitative estimate of drug-likeness (QED) is 0.887. The summed E-state index contributed by atoms with van der Waals surface area (Å²) in [6.45, 7) is 3.10. The molecule has 2 atom stereocenters. The van der Waals surface area contributed by atoms with Crippen LogP contribution in [0.3, 0.4) is 0 Å². The zero-order valence-corrected chi connectivity index (χ0v) is 13.0. The molecule has 3 rings (SSSR count). The molecule has 122 valence electrons. The van der Waals surface area contributed by atoms with Gasteiger partial charge in [0, 0.05) is 30.6 Å². The summed E-state index contributed by atoms with van der Waals surface area (Å²) < 4.78 is 13.4. The predicted octanol–water partition coefficient (Wildman–Crippen LogP) is 1.87. The minimum Gasteiger partial charge on any atom is -0.334 e.